The van der Waals surface area contributed by atoms with E-state index in [4.69, 9.17) is 21.1 Å². The van der Waals surface area contributed by atoms with Gasteiger partial charge in [0.25, 0.3) is 0 Å². The van der Waals surface area contributed by atoms with Crippen LogP contribution >= 0.6 is 27.5 Å². The third kappa shape index (κ3) is 5.18. The number of anilines is 1. The van der Waals surface area contributed by atoms with Crippen LogP contribution in [0.4, 0.5) is 10.1 Å². The monoisotopic (exact) mass is 463 g/mol. The molecule has 0 atom stereocenters. The van der Waals surface area contributed by atoms with Gasteiger partial charge in [-0.1, -0.05) is 35.4 Å². The van der Waals surface area contributed by atoms with Gasteiger partial charge in [0.2, 0.25) is 0 Å². The van der Waals surface area contributed by atoms with Gasteiger partial charge in [0.15, 0.2) is 11.5 Å². The van der Waals surface area contributed by atoms with Gasteiger partial charge in [-0.2, -0.15) is 0 Å². The SMILES string of the molecule is COc1cc(CNc2ccc(C)cc2)cc(Br)c1OCc1ccc(F)cc1Cl. The molecule has 0 heterocycles. The lowest BCUT2D eigenvalue weighted by Gasteiger charge is -2.15. The van der Waals surface area contributed by atoms with E-state index in [1.54, 1.807) is 13.2 Å². The number of halogens is 3. The molecule has 0 bridgehead atoms. The number of nitrogens with one attached hydrogen (secondary N) is 1. The predicted molar refractivity (Wildman–Crippen MR) is 115 cm³/mol. The fourth-order valence-corrected chi connectivity index (χ4v) is 3.51. The minimum absolute atomic E-state index is 0.203. The molecule has 0 saturated heterocycles. The first-order valence-corrected chi connectivity index (χ1v) is 9.87. The molecule has 3 aromatic carbocycles. The number of hydrogen-bond donors (Lipinski definition) is 1. The van der Waals surface area contributed by atoms with Crippen molar-refractivity contribution >= 4 is 33.2 Å². The number of methoxy groups -OCH3 is 1. The van der Waals surface area contributed by atoms with Crippen LogP contribution in [0.25, 0.3) is 0 Å². The van der Waals surface area contributed by atoms with Crippen LogP contribution in [0.15, 0.2) is 59.1 Å². The molecule has 0 spiro atoms. The highest BCUT2D eigenvalue weighted by atomic mass is 79.9. The van der Waals surface area contributed by atoms with E-state index < -0.39 is 0 Å². The lowest BCUT2D eigenvalue weighted by Crippen LogP contribution is -2.03. The van der Waals surface area contributed by atoms with E-state index in [2.05, 4.69) is 40.3 Å². The second-order valence-corrected chi connectivity index (χ2v) is 7.61. The first-order valence-electron chi connectivity index (χ1n) is 8.70. The summed E-state index contributed by atoms with van der Waals surface area (Å²) < 4.78 is 25.4. The van der Waals surface area contributed by atoms with Crippen LogP contribution in [-0.2, 0) is 13.2 Å². The predicted octanol–water partition coefficient (Wildman–Crippen LogP) is 6.75. The van der Waals surface area contributed by atoms with E-state index in [0.29, 0.717) is 28.6 Å². The van der Waals surface area contributed by atoms with Crippen molar-refractivity contribution in [3.05, 3.63) is 86.6 Å². The van der Waals surface area contributed by atoms with Crippen molar-refractivity contribution in [1.29, 1.82) is 0 Å². The fourth-order valence-electron chi connectivity index (χ4n) is 2.68. The first kappa shape index (κ1) is 20.5. The van der Waals surface area contributed by atoms with Crippen LogP contribution in [0, 0.1) is 12.7 Å². The van der Waals surface area contributed by atoms with Gasteiger partial charge in [-0.05, 0) is 64.8 Å². The standard InChI is InChI=1S/C22H20BrClFNO2/c1-14-3-7-18(8-4-14)26-12-15-9-19(23)22(21(10-15)27-2)28-13-16-5-6-17(25)11-20(16)24/h3-11,26H,12-13H2,1-2H3. The third-order valence-corrected chi connectivity index (χ3v) is 5.17. The topological polar surface area (TPSA) is 30.5 Å². The summed E-state index contributed by atoms with van der Waals surface area (Å²) in [6.07, 6.45) is 0. The van der Waals surface area contributed by atoms with Crippen LogP contribution in [-0.4, -0.2) is 7.11 Å². The molecule has 146 valence electrons. The van der Waals surface area contributed by atoms with Gasteiger partial charge in [-0.3, -0.25) is 0 Å². The quantitative estimate of drug-likeness (QED) is 0.419. The maximum atomic E-state index is 13.2. The van der Waals surface area contributed by atoms with Crippen molar-refractivity contribution in [3.63, 3.8) is 0 Å². The van der Waals surface area contributed by atoms with E-state index in [9.17, 15) is 4.39 Å². The molecule has 0 aliphatic carbocycles. The van der Waals surface area contributed by atoms with Crippen LogP contribution in [0.5, 0.6) is 11.5 Å². The molecule has 0 aliphatic rings. The summed E-state index contributed by atoms with van der Waals surface area (Å²) in [5, 5.41) is 3.71. The van der Waals surface area contributed by atoms with Gasteiger partial charge >= 0.3 is 0 Å². The highest BCUT2D eigenvalue weighted by Crippen LogP contribution is 2.37. The number of hydrogen-bond acceptors (Lipinski definition) is 3. The number of ether oxygens (including phenoxy) is 2. The highest BCUT2D eigenvalue weighted by Gasteiger charge is 2.13. The number of benzene rings is 3. The largest absolute Gasteiger partial charge is 0.493 e. The van der Waals surface area contributed by atoms with E-state index in [1.165, 1.54) is 17.7 Å². The summed E-state index contributed by atoms with van der Waals surface area (Å²) >= 11 is 9.62. The fraction of sp³-hybridized carbons (Fsp3) is 0.182. The van der Waals surface area contributed by atoms with Crippen LogP contribution in [0.2, 0.25) is 5.02 Å². The molecule has 3 nitrogen and oxygen atoms in total. The molecule has 1 N–H and O–H groups in total. The molecular weight excluding hydrogens is 445 g/mol. The van der Waals surface area contributed by atoms with Gasteiger partial charge in [0.05, 0.1) is 16.6 Å². The Labute approximate surface area is 177 Å². The third-order valence-electron chi connectivity index (χ3n) is 4.22. The molecule has 0 aliphatic heterocycles. The molecule has 3 rings (SSSR count). The normalized spacial score (nSPS) is 10.6. The first-order chi connectivity index (χ1) is 13.5. The molecule has 0 fully saturated rings. The van der Waals surface area contributed by atoms with Gasteiger partial charge in [-0.15, -0.1) is 0 Å². The highest BCUT2D eigenvalue weighted by molar-refractivity contribution is 9.10. The lowest BCUT2D eigenvalue weighted by molar-refractivity contribution is 0.282. The average Bonchev–Trinajstić information content (AvgIpc) is 2.67. The zero-order chi connectivity index (χ0) is 20.1. The Morgan fingerprint density at radius 1 is 1.07 bits per heavy atom. The molecule has 0 radical (unpaired) electrons. The zero-order valence-electron chi connectivity index (χ0n) is 15.6. The summed E-state index contributed by atoms with van der Waals surface area (Å²) in [6, 6.07) is 16.4. The number of rotatable bonds is 7. The Hall–Kier alpha value is -2.24. The Bertz CT molecular complexity index is 963. The van der Waals surface area contributed by atoms with Crippen LogP contribution in [0.1, 0.15) is 16.7 Å². The molecule has 0 amide bonds. The van der Waals surface area contributed by atoms with E-state index in [1.807, 2.05) is 24.3 Å². The maximum Gasteiger partial charge on any atom is 0.175 e. The van der Waals surface area contributed by atoms with Gasteiger partial charge in [-0.25, -0.2) is 4.39 Å². The Morgan fingerprint density at radius 2 is 1.82 bits per heavy atom. The van der Waals surface area contributed by atoms with Crippen molar-refractivity contribution in [2.24, 2.45) is 0 Å². The molecule has 6 heteroatoms. The Kier molecular flexibility index (Phi) is 6.81. The maximum absolute atomic E-state index is 13.2. The van der Waals surface area contributed by atoms with Crippen molar-refractivity contribution in [1.82, 2.24) is 0 Å². The lowest BCUT2D eigenvalue weighted by atomic mass is 10.1. The van der Waals surface area contributed by atoms with Crippen molar-refractivity contribution in [2.45, 2.75) is 20.1 Å². The summed E-state index contributed by atoms with van der Waals surface area (Å²) in [5.74, 6) is 0.799. The van der Waals surface area contributed by atoms with E-state index >= 15 is 0 Å². The summed E-state index contributed by atoms with van der Waals surface area (Å²) in [4.78, 5) is 0. The summed E-state index contributed by atoms with van der Waals surface area (Å²) in [5.41, 5.74) is 4.00. The van der Waals surface area contributed by atoms with Crippen molar-refractivity contribution in [2.75, 3.05) is 12.4 Å². The van der Waals surface area contributed by atoms with E-state index in [-0.39, 0.29) is 12.4 Å². The molecule has 3 aromatic rings. The zero-order valence-corrected chi connectivity index (χ0v) is 17.9. The molecule has 0 unspecified atom stereocenters. The number of aryl methyl sites for hydroxylation is 1. The average molecular weight is 465 g/mol. The smallest absolute Gasteiger partial charge is 0.175 e. The van der Waals surface area contributed by atoms with Crippen LogP contribution in [0.3, 0.4) is 0 Å². The van der Waals surface area contributed by atoms with E-state index in [0.717, 1.165) is 15.7 Å². The van der Waals surface area contributed by atoms with Crippen molar-refractivity contribution < 1.29 is 13.9 Å². The molecular formula is C22H20BrClFNO2. The second kappa shape index (κ2) is 9.30. The molecule has 0 aromatic heterocycles. The summed E-state index contributed by atoms with van der Waals surface area (Å²) in [6.45, 7) is 2.90. The Balaban J connectivity index is 1.72. The van der Waals surface area contributed by atoms with Gasteiger partial charge in [0, 0.05) is 17.8 Å². The molecule has 28 heavy (non-hydrogen) atoms. The van der Waals surface area contributed by atoms with Crippen molar-refractivity contribution in [3.8, 4) is 11.5 Å². The molecule has 0 saturated carbocycles. The summed E-state index contributed by atoms with van der Waals surface area (Å²) in [7, 11) is 1.59. The minimum atomic E-state index is -0.377. The van der Waals surface area contributed by atoms with Gasteiger partial charge in [0.1, 0.15) is 12.4 Å². The van der Waals surface area contributed by atoms with Crippen LogP contribution < -0.4 is 14.8 Å². The minimum Gasteiger partial charge on any atom is -0.493 e. The Morgan fingerprint density at radius 3 is 2.50 bits per heavy atom. The second-order valence-electron chi connectivity index (χ2n) is 6.35. The van der Waals surface area contributed by atoms with Gasteiger partial charge < -0.3 is 14.8 Å².